The first kappa shape index (κ1) is 10.6. The monoisotopic (exact) mass is 193 g/mol. The molecule has 0 fully saturated rings. The number of rotatable bonds is 3. The van der Waals surface area contributed by atoms with Gasteiger partial charge in [0.25, 0.3) is 0 Å². The smallest absolute Gasteiger partial charge is 0.229 e. The van der Waals surface area contributed by atoms with Crippen LogP contribution < -0.4 is 5.32 Å². The summed E-state index contributed by atoms with van der Waals surface area (Å²) >= 11 is 0. The lowest BCUT2D eigenvalue weighted by Gasteiger charge is -2.04. The van der Waals surface area contributed by atoms with Crippen LogP contribution in [0.3, 0.4) is 0 Å². The van der Waals surface area contributed by atoms with Crippen LogP contribution in [0.25, 0.3) is 0 Å². The van der Waals surface area contributed by atoms with E-state index in [-0.39, 0.29) is 5.91 Å². The lowest BCUT2D eigenvalue weighted by Crippen LogP contribution is -2.13. The molecule has 0 radical (unpaired) electrons. The average molecular weight is 193 g/mol. The highest BCUT2D eigenvalue weighted by molar-refractivity contribution is 5.88. The largest absolute Gasteiger partial charge is 0.295 e. The Morgan fingerprint density at radius 3 is 2.43 bits per heavy atom. The molecule has 1 heterocycles. The van der Waals surface area contributed by atoms with E-state index >= 15 is 0 Å². The van der Waals surface area contributed by atoms with Crippen molar-refractivity contribution in [1.82, 2.24) is 9.97 Å². The fourth-order valence-corrected chi connectivity index (χ4v) is 1.20. The maximum atomic E-state index is 11.2. The summed E-state index contributed by atoms with van der Waals surface area (Å²) in [5.41, 5.74) is 1.73. The van der Waals surface area contributed by atoms with Gasteiger partial charge in [0.2, 0.25) is 11.9 Å². The summed E-state index contributed by atoms with van der Waals surface area (Å²) in [6, 6.07) is 1.87. The first-order valence-electron chi connectivity index (χ1n) is 4.74. The van der Waals surface area contributed by atoms with Crippen LogP contribution in [0, 0.1) is 13.8 Å². The van der Waals surface area contributed by atoms with E-state index in [1.165, 1.54) is 0 Å². The van der Waals surface area contributed by atoms with E-state index in [2.05, 4.69) is 15.3 Å². The van der Waals surface area contributed by atoms with Crippen LogP contribution in [0.4, 0.5) is 5.95 Å². The third kappa shape index (κ3) is 3.12. The molecule has 1 N–H and O–H groups in total. The van der Waals surface area contributed by atoms with Gasteiger partial charge in [-0.3, -0.25) is 10.1 Å². The van der Waals surface area contributed by atoms with Gasteiger partial charge >= 0.3 is 0 Å². The van der Waals surface area contributed by atoms with Crippen molar-refractivity contribution in [1.29, 1.82) is 0 Å². The minimum absolute atomic E-state index is 0.0301. The summed E-state index contributed by atoms with van der Waals surface area (Å²) < 4.78 is 0. The fraction of sp³-hybridized carbons (Fsp3) is 0.500. The Balaban J connectivity index is 2.71. The van der Waals surface area contributed by atoms with Crippen LogP contribution in [0.5, 0.6) is 0 Å². The van der Waals surface area contributed by atoms with Crippen molar-refractivity contribution in [2.45, 2.75) is 33.6 Å². The fourth-order valence-electron chi connectivity index (χ4n) is 1.20. The molecular formula is C10H15N3O. The number of aryl methyl sites for hydroxylation is 2. The van der Waals surface area contributed by atoms with Gasteiger partial charge in [-0.2, -0.15) is 0 Å². The Morgan fingerprint density at radius 1 is 1.36 bits per heavy atom. The molecule has 4 nitrogen and oxygen atoms in total. The molecule has 14 heavy (non-hydrogen) atoms. The summed E-state index contributed by atoms with van der Waals surface area (Å²) in [7, 11) is 0. The van der Waals surface area contributed by atoms with E-state index < -0.39 is 0 Å². The molecular weight excluding hydrogens is 178 g/mol. The number of nitrogens with zero attached hydrogens (tertiary/aromatic N) is 2. The van der Waals surface area contributed by atoms with Gasteiger partial charge in [0.15, 0.2) is 0 Å². The van der Waals surface area contributed by atoms with E-state index in [0.717, 1.165) is 17.8 Å². The number of carbonyl (C=O) groups excluding carboxylic acids is 1. The van der Waals surface area contributed by atoms with E-state index in [9.17, 15) is 4.79 Å². The van der Waals surface area contributed by atoms with Crippen LogP contribution in [0.2, 0.25) is 0 Å². The molecule has 1 aromatic heterocycles. The third-order valence-corrected chi connectivity index (χ3v) is 1.71. The van der Waals surface area contributed by atoms with Gasteiger partial charge in [0, 0.05) is 17.8 Å². The van der Waals surface area contributed by atoms with Crippen molar-refractivity contribution >= 4 is 11.9 Å². The lowest BCUT2D eigenvalue weighted by atomic mass is 10.3. The normalized spacial score (nSPS) is 9.93. The van der Waals surface area contributed by atoms with Crippen LogP contribution >= 0.6 is 0 Å². The molecule has 0 spiro atoms. The Kier molecular flexibility index (Phi) is 3.56. The van der Waals surface area contributed by atoms with Crippen molar-refractivity contribution in [3.63, 3.8) is 0 Å². The highest BCUT2D eigenvalue weighted by Crippen LogP contribution is 2.04. The molecule has 0 atom stereocenters. The number of amides is 1. The molecule has 1 amide bonds. The Labute approximate surface area is 83.8 Å². The second-order valence-corrected chi connectivity index (χ2v) is 3.27. The summed E-state index contributed by atoms with van der Waals surface area (Å²) in [5.74, 6) is 0.374. The molecule has 1 aromatic rings. The van der Waals surface area contributed by atoms with Crippen LogP contribution in [-0.2, 0) is 4.79 Å². The molecule has 76 valence electrons. The van der Waals surface area contributed by atoms with Gasteiger partial charge < -0.3 is 0 Å². The molecule has 0 aliphatic rings. The van der Waals surface area contributed by atoms with Gasteiger partial charge in [0.1, 0.15) is 0 Å². The van der Waals surface area contributed by atoms with E-state index in [4.69, 9.17) is 0 Å². The summed E-state index contributed by atoms with van der Waals surface area (Å²) in [6.07, 6.45) is 1.34. The molecule has 0 unspecified atom stereocenters. The molecule has 0 saturated carbocycles. The van der Waals surface area contributed by atoms with E-state index in [1.54, 1.807) is 0 Å². The number of aromatic nitrogens is 2. The van der Waals surface area contributed by atoms with Crippen molar-refractivity contribution in [3.05, 3.63) is 17.5 Å². The zero-order valence-electron chi connectivity index (χ0n) is 8.79. The van der Waals surface area contributed by atoms with Crippen molar-refractivity contribution < 1.29 is 4.79 Å². The summed E-state index contributed by atoms with van der Waals surface area (Å²) in [4.78, 5) is 19.5. The number of nitrogens with one attached hydrogen (secondary N) is 1. The molecule has 0 aliphatic heterocycles. The van der Waals surface area contributed by atoms with Gasteiger partial charge in [-0.25, -0.2) is 9.97 Å². The molecule has 0 bridgehead atoms. The van der Waals surface area contributed by atoms with Crippen LogP contribution in [0.1, 0.15) is 31.2 Å². The number of anilines is 1. The van der Waals surface area contributed by atoms with Crippen molar-refractivity contribution in [2.75, 3.05) is 5.32 Å². The highest BCUT2D eigenvalue weighted by atomic mass is 16.1. The zero-order chi connectivity index (χ0) is 10.6. The minimum atomic E-state index is -0.0301. The zero-order valence-corrected chi connectivity index (χ0v) is 8.79. The molecule has 0 aliphatic carbocycles. The van der Waals surface area contributed by atoms with E-state index in [1.807, 2.05) is 26.8 Å². The average Bonchev–Trinajstić information content (AvgIpc) is 2.01. The topological polar surface area (TPSA) is 54.9 Å². The third-order valence-electron chi connectivity index (χ3n) is 1.71. The second kappa shape index (κ2) is 4.69. The Bertz CT molecular complexity index is 316. The molecule has 0 aromatic carbocycles. The predicted molar refractivity (Wildman–Crippen MR) is 55.0 cm³/mol. The van der Waals surface area contributed by atoms with Gasteiger partial charge in [-0.05, 0) is 26.3 Å². The number of carbonyl (C=O) groups is 1. The van der Waals surface area contributed by atoms with Crippen LogP contribution in [-0.4, -0.2) is 15.9 Å². The molecule has 1 rings (SSSR count). The number of hydrogen-bond acceptors (Lipinski definition) is 3. The molecule has 4 heteroatoms. The molecule has 0 saturated heterocycles. The second-order valence-electron chi connectivity index (χ2n) is 3.27. The SMILES string of the molecule is CCCC(=O)Nc1nc(C)cc(C)n1. The Morgan fingerprint density at radius 2 is 1.93 bits per heavy atom. The quantitative estimate of drug-likeness (QED) is 0.796. The maximum Gasteiger partial charge on any atom is 0.229 e. The Hall–Kier alpha value is -1.45. The highest BCUT2D eigenvalue weighted by Gasteiger charge is 2.03. The first-order chi connectivity index (χ1) is 6.61. The minimum Gasteiger partial charge on any atom is -0.295 e. The summed E-state index contributed by atoms with van der Waals surface area (Å²) in [6.45, 7) is 5.72. The van der Waals surface area contributed by atoms with E-state index in [0.29, 0.717) is 12.4 Å². The van der Waals surface area contributed by atoms with Gasteiger partial charge in [-0.15, -0.1) is 0 Å². The standard InChI is InChI=1S/C10H15N3O/c1-4-5-9(14)13-10-11-7(2)6-8(3)12-10/h6H,4-5H2,1-3H3,(H,11,12,13,14). The van der Waals surface area contributed by atoms with Gasteiger partial charge in [0.05, 0.1) is 0 Å². The number of hydrogen-bond donors (Lipinski definition) is 1. The van der Waals surface area contributed by atoms with Crippen molar-refractivity contribution in [2.24, 2.45) is 0 Å². The maximum absolute atomic E-state index is 11.2. The van der Waals surface area contributed by atoms with Crippen LogP contribution in [0.15, 0.2) is 6.07 Å². The first-order valence-corrected chi connectivity index (χ1v) is 4.74. The summed E-state index contributed by atoms with van der Waals surface area (Å²) in [5, 5.41) is 2.66. The lowest BCUT2D eigenvalue weighted by molar-refractivity contribution is -0.116. The van der Waals surface area contributed by atoms with Crippen molar-refractivity contribution in [3.8, 4) is 0 Å². The predicted octanol–water partition coefficient (Wildman–Crippen LogP) is 1.83. The van der Waals surface area contributed by atoms with Gasteiger partial charge in [-0.1, -0.05) is 6.92 Å².